The van der Waals surface area contributed by atoms with E-state index in [1.54, 1.807) is 11.1 Å². The minimum absolute atomic E-state index is 0.433. The summed E-state index contributed by atoms with van der Waals surface area (Å²) in [4.78, 5) is 36.5. The van der Waals surface area contributed by atoms with Crippen molar-refractivity contribution in [3.8, 4) is 0 Å². The number of piperazine rings is 1. The third-order valence-electron chi connectivity index (χ3n) is 5.63. The molecule has 28 heavy (non-hydrogen) atoms. The molecule has 1 saturated heterocycles. The van der Waals surface area contributed by atoms with E-state index in [2.05, 4.69) is 44.5 Å². The van der Waals surface area contributed by atoms with E-state index in [1.165, 1.54) is 17.5 Å². The van der Waals surface area contributed by atoms with Crippen LogP contribution in [-0.4, -0.2) is 59.4 Å². The average Bonchev–Trinajstić information content (AvgIpc) is 3.16. The van der Waals surface area contributed by atoms with Gasteiger partial charge in [-0.15, -0.1) is 0 Å². The summed E-state index contributed by atoms with van der Waals surface area (Å²) in [6, 6.07) is 10.4. The fourth-order valence-corrected chi connectivity index (χ4v) is 4.07. The van der Waals surface area contributed by atoms with Crippen molar-refractivity contribution in [3.63, 3.8) is 0 Å². The second-order valence-electron chi connectivity index (χ2n) is 7.43. The lowest BCUT2D eigenvalue weighted by molar-refractivity contribution is -0.146. The summed E-state index contributed by atoms with van der Waals surface area (Å²) >= 11 is 0. The van der Waals surface area contributed by atoms with Crippen molar-refractivity contribution in [3.05, 3.63) is 54.0 Å². The highest BCUT2D eigenvalue weighted by Crippen LogP contribution is 2.28. The monoisotopic (exact) mass is 379 g/mol. The maximum absolute atomic E-state index is 12.4. The molecule has 1 aliphatic carbocycles. The average molecular weight is 379 g/mol. The molecule has 0 atom stereocenters. The van der Waals surface area contributed by atoms with Gasteiger partial charge in [0.05, 0.1) is 0 Å². The molecule has 7 nitrogen and oxygen atoms in total. The lowest BCUT2D eigenvalue weighted by atomic mass is 10.0. The molecule has 2 amide bonds. The van der Waals surface area contributed by atoms with Crippen LogP contribution in [0, 0.1) is 5.92 Å². The third-order valence-corrected chi connectivity index (χ3v) is 5.63. The van der Waals surface area contributed by atoms with Crippen LogP contribution in [0.25, 0.3) is 0 Å². The zero-order chi connectivity index (χ0) is 19.3. The minimum atomic E-state index is -0.494. The van der Waals surface area contributed by atoms with E-state index in [1.807, 2.05) is 6.07 Å². The van der Waals surface area contributed by atoms with Crippen LogP contribution in [-0.2, 0) is 22.4 Å². The van der Waals surface area contributed by atoms with Crippen LogP contribution in [0.2, 0.25) is 0 Å². The molecule has 2 heterocycles. The van der Waals surface area contributed by atoms with Crippen molar-refractivity contribution in [2.75, 3.05) is 37.6 Å². The number of fused-ring (bicyclic) bond motifs is 1. The van der Waals surface area contributed by atoms with E-state index >= 15 is 0 Å². The van der Waals surface area contributed by atoms with E-state index in [-0.39, 0.29) is 0 Å². The standard InChI is InChI=1S/C21H25N5O2/c27-20(23-8-5-16-13-17-3-1-2-4-18(17)14-16)21(28)26-11-9-25(10-12-26)19-6-7-22-15-24-19/h1-4,6-7,15-16H,5,8-14H2,(H,23,27). The summed E-state index contributed by atoms with van der Waals surface area (Å²) < 4.78 is 0. The van der Waals surface area contributed by atoms with Gasteiger partial charge >= 0.3 is 11.8 Å². The largest absolute Gasteiger partial charge is 0.353 e. The number of amides is 2. The Balaban J connectivity index is 1.19. The van der Waals surface area contributed by atoms with Crippen molar-refractivity contribution in [2.24, 2.45) is 5.92 Å². The van der Waals surface area contributed by atoms with E-state index in [0.29, 0.717) is 38.6 Å². The van der Waals surface area contributed by atoms with Gasteiger partial charge < -0.3 is 15.1 Å². The number of carbonyl (C=O) groups excluding carboxylic acids is 2. The molecular formula is C21H25N5O2. The molecule has 4 rings (SSSR count). The van der Waals surface area contributed by atoms with Gasteiger partial charge in [-0.25, -0.2) is 9.97 Å². The Bertz CT molecular complexity index is 809. The van der Waals surface area contributed by atoms with Gasteiger partial charge in [-0.3, -0.25) is 9.59 Å². The predicted octanol–water partition coefficient (Wildman–Crippen LogP) is 1.05. The van der Waals surface area contributed by atoms with Crippen molar-refractivity contribution >= 4 is 17.6 Å². The Morgan fingerprint density at radius 3 is 2.39 bits per heavy atom. The number of nitrogens with one attached hydrogen (secondary N) is 1. The lowest BCUT2D eigenvalue weighted by Gasteiger charge is -2.34. The SMILES string of the molecule is O=C(NCCC1Cc2ccccc2C1)C(=O)N1CCN(c2ccncn2)CC1. The number of hydrogen-bond donors (Lipinski definition) is 1. The van der Waals surface area contributed by atoms with Crippen LogP contribution in [0.4, 0.5) is 5.82 Å². The first-order valence-electron chi connectivity index (χ1n) is 9.85. The summed E-state index contributed by atoms with van der Waals surface area (Å²) in [6.07, 6.45) is 6.24. The van der Waals surface area contributed by atoms with E-state index in [9.17, 15) is 9.59 Å². The molecular weight excluding hydrogens is 354 g/mol. The van der Waals surface area contributed by atoms with E-state index in [4.69, 9.17) is 0 Å². The summed E-state index contributed by atoms with van der Waals surface area (Å²) in [5.74, 6) is 0.469. The molecule has 1 aliphatic heterocycles. The molecule has 1 aromatic heterocycles. The molecule has 2 aliphatic rings. The zero-order valence-electron chi connectivity index (χ0n) is 15.9. The Morgan fingerprint density at radius 2 is 1.75 bits per heavy atom. The van der Waals surface area contributed by atoms with Crippen molar-refractivity contribution < 1.29 is 9.59 Å². The molecule has 1 N–H and O–H groups in total. The maximum atomic E-state index is 12.4. The van der Waals surface area contributed by atoms with Crippen molar-refractivity contribution in [2.45, 2.75) is 19.3 Å². The lowest BCUT2D eigenvalue weighted by Crippen LogP contribution is -2.53. The normalized spacial score (nSPS) is 16.7. The maximum Gasteiger partial charge on any atom is 0.312 e. The van der Waals surface area contributed by atoms with Gasteiger partial charge in [0.2, 0.25) is 0 Å². The van der Waals surface area contributed by atoms with Gasteiger partial charge in [-0.2, -0.15) is 0 Å². The number of hydrogen-bond acceptors (Lipinski definition) is 5. The van der Waals surface area contributed by atoms with Gasteiger partial charge in [-0.05, 0) is 42.4 Å². The summed E-state index contributed by atoms with van der Waals surface area (Å²) in [6.45, 7) is 2.92. The molecule has 1 aromatic carbocycles. The molecule has 146 valence electrons. The highest BCUT2D eigenvalue weighted by Gasteiger charge is 2.27. The highest BCUT2D eigenvalue weighted by molar-refractivity contribution is 6.35. The van der Waals surface area contributed by atoms with Crippen molar-refractivity contribution in [1.82, 2.24) is 20.2 Å². The number of rotatable bonds is 4. The van der Waals surface area contributed by atoms with Gasteiger partial charge in [0, 0.05) is 38.9 Å². The second-order valence-corrected chi connectivity index (χ2v) is 7.43. The van der Waals surface area contributed by atoms with Crippen LogP contribution < -0.4 is 10.2 Å². The summed E-state index contributed by atoms with van der Waals surface area (Å²) in [5, 5.41) is 2.81. The second kappa shape index (κ2) is 8.37. The smallest absolute Gasteiger partial charge is 0.312 e. The van der Waals surface area contributed by atoms with Crippen LogP contribution in [0.5, 0.6) is 0 Å². The Hall–Kier alpha value is -2.96. The fourth-order valence-electron chi connectivity index (χ4n) is 4.07. The number of anilines is 1. The molecule has 2 aromatic rings. The Morgan fingerprint density at radius 1 is 1.04 bits per heavy atom. The summed E-state index contributed by atoms with van der Waals surface area (Å²) in [5.41, 5.74) is 2.83. The van der Waals surface area contributed by atoms with Gasteiger partial charge in [0.25, 0.3) is 0 Å². The molecule has 0 saturated carbocycles. The third kappa shape index (κ3) is 4.13. The van der Waals surface area contributed by atoms with Crippen molar-refractivity contribution in [1.29, 1.82) is 0 Å². The number of nitrogens with zero attached hydrogens (tertiary/aromatic N) is 4. The first-order valence-corrected chi connectivity index (χ1v) is 9.85. The zero-order valence-corrected chi connectivity index (χ0v) is 15.9. The van der Waals surface area contributed by atoms with Crippen LogP contribution in [0.1, 0.15) is 17.5 Å². The van der Waals surface area contributed by atoms with Gasteiger partial charge in [0.1, 0.15) is 12.1 Å². The molecule has 0 spiro atoms. The Labute approximate surface area is 164 Å². The molecule has 0 bridgehead atoms. The highest BCUT2D eigenvalue weighted by atomic mass is 16.2. The summed E-state index contributed by atoms with van der Waals surface area (Å²) in [7, 11) is 0. The predicted molar refractivity (Wildman–Crippen MR) is 106 cm³/mol. The molecule has 0 unspecified atom stereocenters. The Kier molecular flexibility index (Phi) is 5.50. The topological polar surface area (TPSA) is 78.4 Å². The molecule has 7 heteroatoms. The number of aromatic nitrogens is 2. The first-order chi connectivity index (χ1) is 13.7. The van der Waals surface area contributed by atoms with E-state index in [0.717, 1.165) is 25.1 Å². The minimum Gasteiger partial charge on any atom is -0.353 e. The van der Waals surface area contributed by atoms with Gasteiger partial charge in [-0.1, -0.05) is 24.3 Å². The molecule has 0 radical (unpaired) electrons. The first kappa shape index (κ1) is 18.4. The number of carbonyl (C=O) groups is 2. The van der Waals surface area contributed by atoms with Crippen LogP contribution >= 0.6 is 0 Å². The molecule has 1 fully saturated rings. The number of benzene rings is 1. The van der Waals surface area contributed by atoms with Gasteiger partial charge in [0.15, 0.2) is 0 Å². The van der Waals surface area contributed by atoms with E-state index < -0.39 is 11.8 Å². The quantitative estimate of drug-likeness (QED) is 0.804. The fraction of sp³-hybridized carbons (Fsp3) is 0.429. The van der Waals surface area contributed by atoms with Crippen LogP contribution in [0.15, 0.2) is 42.9 Å². The van der Waals surface area contributed by atoms with Crippen LogP contribution in [0.3, 0.4) is 0 Å².